The molecule has 2 aromatic heterocycles. The average molecular weight is 281 g/mol. The molecule has 2 rings (SSSR count). The molecule has 0 unspecified atom stereocenters. The summed E-state index contributed by atoms with van der Waals surface area (Å²) in [5.74, 6) is -1.05. The van der Waals surface area contributed by atoms with E-state index in [1.54, 1.807) is 6.20 Å². The normalized spacial score (nSPS) is 10.1. The quantitative estimate of drug-likeness (QED) is 0.649. The van der Waals surface area contributed by atoms with Crippen LogP contribution in [0.2, 0.25) is 0 Å². The van der Waals surface area contributed by atoms with E-state index in [1.165, 1.54) is 22.9 Å². The van der Waals surface area contributed by atoms with Crippen LogP contribution in [0.4, 0.5) is 10.5 Å². The monoisotopic (exact) mass is 281 g/mol. The fraction of sp³-hybridized carbons (Fsp3) is 0.200. The number of aromatic nitrogens is 3. The van der Waals surface area contributed by atoms with Gasteiger partial charge in [0.1, 0.15) is 0 Å². The molecule has 0 radical (unpaired) electrons. The molecular formula is C10H11N5O3S. The van der Waals surface area contributed by atoms with Crippen LogP contribution in [0.1, 0.15) is 15.5 Å². The van der Waals surface area contributed by atoms with Gasteiger partial charge in [0.05, 0.1) is 16.9 Å². The maximum absolute atomic E-state index is 11.4. The molecule has 0 saturated carbocycles. The predicted molar refractivity (Wildman–Crippen MR) is 68.4 cm³/mol. The van der Waals surface area contributed by atoms with Crippen molar-refractivity contribution in [2.45, 2.75) is 6.42 Å². The number of nitrogens with one attached hydrogen (secondary N) is 3. The van der Waals surface area contributed by atoms with Gasteiger partial charge in [0.2, 0.25) is 0 Å². The van der Waals surface area contributed by atoms with Gasteiger partial charge >= 0.3 is 12.0 Å². The number of aromatic carboxylic acids is 1. The number of anilines is 1. The van der Waals surface area contributed by atoms with Crippen LogP contribution in [0.25, 0.3) is 0 Å². The van der Waals surface area contributed by atoms with Crippen molar-refractivity contribution < 1.29 is 14.7 Å². The van der Waals surface area contributed by atoms with Crippen LogP contribution < -0.4 is 10.6 Å². The van der Waals surface area contributed by atoms with E-state index in [9.17, 15) is 9.59 Å². The first-order chi connectivity index (χ1) is 9.15. The fourth-order valence-electron chi connectivity index (χ4n) is 1.30. The van der Waals surface area contributed by atoms with Crippen molar-refractivity contribution >= 4 is 29.0 Å². The summed E-state index contributed by atoms with van der Waals surface area (Å²) in [5.41, 5.74) is 0.600. The molecule has 100 valence electrons. The number of hydrogen-bond acceptors (Lipinski definition) is 5. The van der Waals surface area contributed by atoms with Crippen molar-refractivity contribution in [3.63, 3.8) is 0 Å². The number of hydrogen-bond donors (Lipinski definition) is 4. The molecule has 0 saturated heterocycles. The average Bonchev–Trinajstić information content (AvgIpc) is 3.00. The number of aromatic amines is 1. The third-order valence-electron chi connectivity index (χ3n) is 2.15. The van der Waals surface area contributed by atoms with Gasteiger partial charge in [-0.25, -0.2) is 14.6 Å². The van der Waals surface area contributed by atoms with Gasteiger partial charge in [0, 0.05) is 24.5 Å². The Morgan fingerprint density at radius 3 is 2.95 bits per heavy atom. The van der Waals surface area contributed by atoms with Crippen molar-refractivity contribution in [2.24, 2.45) is 0 Å². The van der Waals surface area contributed by atoms with Crippen LogP contribution in [0.15, 0.2) is 17.8 Å². The molecule has 0 aliphatic rings. The molecule has 0 aromatic carbocycles. The molecular weight excluding hydrogens is 270 g/mol. The Balaban J connectivity index is 1.73. The molecule has 9 heteroatoms. The fourth-order valence-corrected chi connectivity index (χ4v) is 2.07. The van der Waals surface area contributed by atoms with Crippen LogP contribution in [-0.2, 0) is 6.42 Å². The molecule has 0 spiro atoms. The first-order valence-corrected chi connectivity index (χ1v) is 6.24. The Morgan fingerprint density at radius 2 is 2.32 bits per heavy atom. The molecule has 0 aliphatic heterocycles. The van der Waals surface area contributed by atoms with Crippen molar-refractivity contribution in [1.82, 2.24) is 20.5 Å². The topological polar surface area (TPSA) is 120 Å². The molecule has 19 heavy (non-hydrogen) atoms. The number of carbonyl (C=O) groups is 2. The Bertz CT molecular complexity index is 565. The summed E-state index contributed by atoms with van der Waals surface area (Å²) in [7, 11) is 0. The largest absolute Gasteiger partial charge is 0.476 e. The number of urea groups is 1. The lowest BCUT2D eigenvalue weighted by Gasteiger charge is -2.04. The summed E-state index contributed by atoms with van der Waals surface area (Å²) in [6.07, 6.45) is 3.52. The SMILES string of the molecule is O=C(NCCc1nc(C(=O)O)cs1)Nc1cn[nH]c1. The van der Waals surface area contributed by atoms with E-state index in [2.05, 4.69) is 25.8 Å². The zero-order chi connectivity index (χ0) is 13.7. The Morgan fingerprint density at radius 1 is 1.47 bits per heavy atom. The van der Waals surface area contributed by atoms with Crippen LogP contribution >= 0.6 is 11.3 Å². The van der Waals surface area contributed by atoms with Crippen LogP contribution in [0.3, 0.4) is 0 Å². The highest BCUT2D eigenvalue weighted by atomic mass is 32.1. The zero-order valence-corrected chi connectivity index (χ0v) is 10.5. The van der Waals surface area contributed by atoms with Crippen molar-refractivity contribution in [3.05, 3.63) is 28.5 Å². The summed E-state index contributed by atoms with van der Waals surface area (Å²) < 4.78 is 0. The first-order valence-electron chi connectivity index (χ1n) is 5.36. The van der Waals surface area contributed by atoms with E-state index < -0.39 is 5.97 Å². The van der Waals surface area contributed by atoms with Crippen molar-refractivity contribution in [3.8, 4) is 0 Å². The van der Waals surface area contributed by atoms with Gasteiger partial charge in [-0.1, -0.05) is 0 Å². The van der Waals surface area contributed by atoms with Crippen molar-refractivity contribution in [1.29, 1.82) is 0 Å². The van der Waals surface area contributed by atoms with E-state index in [-0.39, 0.29) is 11.7 Å². The number of carboxylic acid groups (broad SMARTS) is 1. The minimum Gasteiger partial charge on any atom is -0.476 e. The second kappa shape index (κ2) is 5.96. The third-order valence-corrected chi connectivity index (χ3v) is 3.06. The van der Waals surface area contributed by atoms with Gasteiger partial charge in [-0.3, -0.25) is 5.10 Å². The lowest BCUT2D eigenvalue weighted by atomic mass is 10.4. The number of amides is 2. The Hall–Kier alpha value is -2.42. The number of carbonyl (C=O) groups excluding carboxylic acids is 1. The highest BCUT2D eigenvalue weighted by Gasteiger charge is 2.08. The summed E-state index contributed by atoms with van der Waals surface area (Å²) >= 11 is 1.26. The third kappa shape index (κ3) is 3.78. The van der Waals surface area contributed by atoms with Gasteiger partial charge < -0.3 is 15.7 Å². The Labute approximate surface area is 111 Å². The zero-order valence-electron chi connectivity index (χ0n) is 9.71. The minimum atomic E-state index is -1.05. The van der Waals surface area contributed by atoms with E-state index in [0.29, 0.717) is 23.7 Å². The minimum absolute atomic E-state index is 0.0304. The standard InChI is InChI=1S/C10H11N5O3S/c16-9(17)7-5-19-8(15-7)1-2-11-10(18)14-6-3-12-13-4-6/h3-5H,1-2H2,(H,12,13)(H,16,17)(H2,11,14,18). The molecule has 0 bridgehead atoms. The van der Waals surface area contributed by atoms with Gasteiger partial charge in [0.25, 0.3) is 0 Å². The molecule has 4 N–H and O–H groups in total. The van der Waals surface area contributed by atoms with E-state index in [4.69, 9.17) is 5.11 Å². The van der Waals surface area contributed by atoms with E-state index in [1.807, 2.05) is 0 Å². The summed E-state index contributed by atoms with van der Waals surface area (Å²) in [4.78, 5) is 26.0. The Kier molecular flexibility index (Phi) is 4.08. The smallest absolute Gasteiger partial charge is 0.355 e. The molecule has 8 nitrogen and oxygen atoms in total. The van der Waals surface area contributed by atoms with Gasteiger partial charge in [0.15, 0.2) is 5.69 Å². The van der Waals surface area contributed by atoms with Gasteiger partial charge in [-0.15, -0.1) is 11.3 Å². The van der Waals surface area contributed by atoms with Crippen molar-refractivity contribution in [2.75, 3.05) is 11.9 Å². The van der Waals surface area contributed by atoms with E-state index >= 15 is 0 Å². The maximum atomic E-state index is 11.4. The molecule has 0 atom stereocenters. The molecule has 2 aromatic rings. The first kappa shape index (κ1) is 13.0. The molecule has 2 heterocycles. The van der Waals surface area contributed by atoms with Crippen LogP contribution in [0, 0.1) is 0 Å². The van der Waals surface area contributed by atoms with E-state index in [0.717, 1.165) is 0 Å². The summed E-state index contributed by atoms with van der Waals surface area (Å²) in [6, 6.07) is -0.351. The predicted octanol–water partition coefficient (Wildman–Crippen LogP) is 0.929. The number of carboxylic acids is 1. The van der Waals surface area contributed by atoms with Crippen LogP contribution in [0.5, 0.6) is 0 Å². The van der Waals surface area contributed by atoms with Crippen LogP contribution in [-0.4, -0.2) is 38.8 Å². The number of thiazole rings is 1. The lowest BCUT2D eigenvalue weighted by Crippen LogP contribution is -2.30. The molecule has 0 aliphatic carbocycles. The maximum Gasteiger partial charge on any atom is 0.355 e. The number of H-pyrrole nitrogens is 1. The summed E-state index contributed by atoms with van der Waals surface area (Å²) in [6.45, 7) is 0.371. The number of nitrogens with zero attached hydrogens (tertiary/aromatic N) is 2. The summed E-state index contributed by atoms with van der Waals surface area (Å²) in [5, 5.41) is 22.3. The highest BCUT2D eigenvalue weighted by molar-refractivity contribution is 7.09. The number of rotatable bonds is 5. The molecule has 0 fully saturated rings. The molecule has 2 amide bonds. The highest BCUT2D eigenvalue weighted by Crippen LogP contribution is 2.09. The lowest BCUT2D eigenvalue weighted by molar-refractivity contribution is 0.0691. The van der Waals surface area contributed by atoms with Gasteiger partial charge in [-0.2, -0.15) is 5.10 Å². The second-order valence-corrected chi connectivity index (χ2v) is 4.49. The van der Waals surface area contributed by atoms with Gasteiger partial charge in [-0.05, 0) is 0 Å². The second-order valence-electron chi connectivity index (χ2n) is 3.55.